The number of nitrogen functional groups attached to an aromatic ring is 2. The van der Waals surface area contributed by atoms with Crippen LogP contribution in [0, 0.1) is 0 Å². The number of hydrogen-bond donors (Lipinski definition) is 2. The summed E-state index contributed by atoms with van der Waals surface area (Å²) in [4.78, 5) is 0. The number of hydrogen-bond acceptors (Lipinski definition) is 2. The molecule has 2 fully saturated rings. The Bertz CT molecular complexity index is 1240. The van der Waals surface area contributed by atoms with Crippen LogP contribution in [0.1, 0.15) is 125 Å². The SMILES string of the molecule is CC(C)(C)c1cc(C(F)(F)C(F)(F)C(F)(F)C(F)(F)c2cc(C3CCC3)c(N)c(C(C)(C)C)c2)cc(C2CCC2)c1N. The van der Waals surface area contributed by atoms with E-state index < -0.39 is 45.6 Å². The van der Waals surface area contributed by atoms with Gasteiger partial charge in [0.1, 0.15) is 0 Å². The Morgan fingerprint density at radius 2 is 0.810 bits per heavy atom. The minimum Gasteiger partial charge on any atom is -0.398 e. The van der Waals surface area contributed by atoms with Crippen molar-refractivity contribution < 1.29 is 35.1 Å². The topological polar surface area (TPSA) is 52.0 Å². The molecule has 0 amide bonds. The first-order valence-electron chi connectivity index (χ1n) is 14.4. The van der Waals surface area contributed by atoms with Crippen LogP contribution in [0.4, 0.5) is 46.5 Å². The number of anilines is 2. The highest BCUT2D eigenvalue weighted by atomic mass is 19.4. The predicted octanol–water partition coefficient (Wildman–Crippen LogP) is 10.1. The zero-order valence-electron chi connectivity index (χ0n) is 24.9. The van der Waals surface area contributed by atoms with Crippen LogP contribution >= 0.6 is 0 Å². The summed E-state index contributed by atoms with van der Waals surface area (Å²) in [6, 6.07) is 2.67. The van der Waals surface area contributed by atoms with E-state index in [0.717, 1.165) is 12.8 Å². The molecule has 0 radical (unpaired) electrons. The maximum absolute atomic E-state index is 15.7. The van der Waals surface area contributed by atoms with Crippen LogP contribution in [0.3, 0.4) is 0 Å². The summed E-state index contributed by atoms with van der Waals surface area (Å²) in [7, 11) is 0. The lowest BCUT2D eigenvalue weighted by Crippen LogP contribution is -2.59. The third-order valence-electron chi connectivity index (χ3n) is 9.04. The van der Waals surface area contributed by atoms with Crippen molar-refractivity contribution in [3.8, 4) is 0 Å². The quantitative estimate of drug-likeness (QED) is 0.244. The largest absolute Gasteiger partial charge is 0.398 e. The third-order valence-corrected chi connectivity index (χ3v) is 9.04. The second kappa shape index (κ2) is 10.0. The summed E-state index contributed by atoms with van der Waals surface area (Å²) < 4.78 is 125. The minimum atomic E-state index is -6.48. The average molecular weight is 605 g/mol. The molecule has 0 aliphatic heterocycles. The number of halogens is 8. The van der Waals surface area contributed by atoms with Crippen molar-refractivity contribution in [3.05, 3.63) is 57.6 Å². The number of alkyl halides is 8. The van der Waals surface area contributed by atoms with Crippen LogP contribution in [0.5, 0.6) is 0 Å². The fourth-order valence-electron chi connectivity index (χ4n) is 5.83. The van der Waals surface area contributed by atoms with Crippen molar-refractivity contribution in [2.75, 3.05) is 11.5 Å². The van der Waals surface area contributed by atoms with Crippen LogP contribution < -0.4 is 11.5 Å². The molecule has 42 heavy (non-hydrogen) atoms. The second-order valence-electron chi connectivity index (χ2n) is 14.1. The molecule has 4 rings (SSSR count). The van der Waals surface area contributed by atoms with E-state index >= 15 is 35.1 Å². The second-order valence-corrected chi connectivity index (χ2v) is 14.1. The molecule has 0 atom stereocenters. The van der Waals surface area contributed by atoms with Gasteiger partial charge in [-0.05, 0) is 94.9 Å². The zero-order valence-corrected chi connectivity index (χ0v) is 24.9. The summed E-state index contributed by atoms with van der Waals surface area (Å²) in [5.74, 6) is -24.9. The zero-order chi connectivity index (χ0) is 31.8. The molecule has 0 aromatic heterocycles. The van der Waals surface area contributed by atoms with E-state index in [-0.39, 0.29) is 45.5 Å². The van der Waals surface area contributed by atoms with Crippen LogP contribution in [0.2, 0.25) is 0 Å². The van der Waals surface area contributed by atoms with Gasteiger partial charge < -0.3 is 11.5 Å². The van der Waals surface area contributed by atoms with Gasteiger partial charge in [-0.15, -0.1) is 0 Å². The number of nitrogens with two attached hydrogens (primary N) is 2. The standard InChI is InChI=1S/C32H40F8N2/c1-27(2,3)23-15-19(13-21(25(23)41)17-9-7-10-17)29(33,34)31(37,38)32(39,40)30(35,36)20-14-22(18-11-8-12-18)26(42)24(16-20)28(4,5)6/h13-18H,7-12,41-42H2,1-6H3. The molecule has 2 aliphatic rings. The third kappa shape index (κ3) is 4.94. The first kappa shape index (κ1) is 32.4. The maximum Gasteiger partial charge on any atom is 0.382 e. The van der Waals surface area contributed by atoms with Crippen LogP contribution in [0.25, 0.3) is 0 Å². The molecule has 2 nitrogen and oxygen atoms in total. The van der Waals surface area contributed by atoms with Gasteiger partial charge in [0.05, 0.1) is 0 Å². The van der Waals surface area contributed by atoms with Gasteiger partial charge in [-0.1, -0.05) is 54.4 Å². The van der Waals surface area contributed by atoms with Crippen molar-refractivity contribution in [1.82, 2.24) is 0 Å². The van der Waals surface area contributed by atoms with E-state index in [1.54, 1.807) is 41.5 Å². The Hall–Kier alpha value is -2.52. The molecule has 2 aromatic carbocycles. The van der Waals surface area contributed by atoms with Gasteiger partial charge in [0.25, 0.3) is 0 Å². The monoisotopic (exact) mass is 604 g/mol. The average Bonchev–Trinajstić information content (AvgIpc) is 2.77. The van der Waals surface area contributed by atoms with Crippen LogP contribution in [-0.2, 0) is 22.7 Å². The lowest BCUT2D eigenvalue weighted by atomic mass is 9.74. The van der Waals surface area contributed by atoms with E-state index in [1.807, 2.05) is 0 Å². The highest BCUT2D eigenvalue weighted by molar-refractivity contribution is 5.62. The highest BCUT2D eigenvalue weighted by Gasteiger charge is 2.81. The molecular weight excluding hydrogens is 564 g/mol. The lowest BCUT2D eigenvalue weighted by Gasteiger charge is -2.39. The van der Waals surface area contributed by atoms with E-state index in [2.05, 4.69) is 0 Å². The van der Waals surface area contributed by atoms with E-state index in [0.29, 0.717) is 49.9 Å². The molecule has 0 saturated heterocycles. The molecule has 4 N–H and O–H groups in total. The normalized spacial score (nSPS) is 18.1. The first-order chi connectivity index (χ1) is 19.0. The Balaban J connectivity index is 1.87. The first-order valence-corrected chi connectivity index (χ1v) is 14.4. The molecule has 0 bridgehead atoms. The summed E-state index contributed by atoms with van der Waals surface area (Å²) in [6.45, 7) is 9.66. The van der Waals surface area contributed by atoms with Gasteiger partial charge in [-0.3, -0.25) is 0 Å². The van der Waals surface area contributed by atoms with Gasteiger partial charge >= 0.3 is 23.7 Å². The van der Waals surface area contributed by atoms with Gasteiger partial charge in [-0.25, -0.2) is 0 Å². The fraction of sp³-hybridized carbons (Fsp3) is 0.625. The van der Waals surface area contributed by atoms with Gasteiger partial charge in [-0.2, -0.15) is 35.1 Å². The molecule has 0 heterocycles. The van der Waals surface area contributed by atoms with Crippen molar-refractivity contribution in [3.63, 3.8) is 0 Å². The van der Waals surface area contributed by atoms with Gasteiger partial charge in [0.2, 0.25) is 0 Å². The van der Waals surface area contributed by atoms with Crippen molar-refractivity contribution >= 4 is 11.4 Å². The summed E-state index contributed by atoms with van der Waals surface area (Å²) in [5, 5.41) is 0. The van der Waals surface area contributed by atoms with Gasteiger partial charge in [0.15, 0.2) is 0 Å². The highest BCUT2D eigenvalue weighted by Crippen LogP contribution is 2.60. The molecule has 234 valence electrons. The Morgan fingerprint density at radius 3 is 1.02 bits per heavy atom. The fourth-order valence-corrected chi connectivity index (χ4v) is 5.83. The number of benzene rings is 2. The molecular formula is C32H40F8N2. The predicted molar refractivity (Wildman–Crippen MR) is 150 cm³/mol. The Labute approximate surface area is 242 Å². The molecule has 2 aromatic rings. The summed E-state index contributed by atoms with van der Waals surface area (Å²) >= 11 is 0. The minimum absolute atomic E-state index is 0.0611. The summed E-state index contributed by atoms with van der Waals surface area (Å²) in [6.07, 6.45) is 3.76. The molecule has 10 heteroatoms. The van der Waals surface area contributed by atoms with E-state index in [4.69, 9.17) is 11.5 Å². The van der Waals surface area contributed by atoms with Crippen molar-refractivity contribution in [2.45, 2.75) is 126 Å². The molecule has 2 saturated carbocycles. The molecule has 2 aliphatic carbocycles. The Morgan fingerprint density at radius 1 is 0.524 bits per heavy atom. The van der Waals surface area contributed by atoms with E-state index in [9.17, 15) is 0 Å². The van der Waals surface area contributed by atoms with Crippen LogP contribution in [0.15, 0.2) is 24.3 Å². The molecule has 0 unspecified atom stereocenters. The van der Waals surface area contributed by atoms with Crippen LogP contribution in [-0.4, -0.2) is 11.8 Å². The smallest absolute Gasteiger partial charge is 0.382 e. The van der Waals surface area contributed by atoms with Crippen molar-refractivity contribution in [1.29, 1.82) is 0 Å². The van der Waals surface area contributed by atoms with Gasteiger partial charge in [0, 0.05) is 22.5 Å². The number of rotatable bonds is 7. The lowest BCUT2D eigenvalue weighted by molar-refractivity contribution is -0.374. The maximum atomic E-state index is 15.7. The molecule has 0 spiro atoms. The van der Waals surface area contributed by atoms with E-state index in [1.165, 1.54) is 0 Å². The summed E-state index contributed by atoms with van der Waals surface area (Å²) in [5.41, 5.74) is 8.36. The Kier molecular flexibility index (Phi) is 7.72. The van der Waals surface area contributed by atoms with Crippen molar-refractivity contribution in [2.24, 2.45) is 0 Å².